The fourth-order valence-electron chi connectivity index (χ4n) is 1.99. The van der Waals surface area contributed by atoms with E-state index < -0.39 is 6.10 Å². The van der Waals surface area contributed by atoms with Gasteiger partial charge in [-0.3, -0.25) is 0 Å². The number of thiazole rings is 1. The van der Waals surface area contributed by atoms with Crippen LogP contribution in [0.4, 0.5) is 4.79 Å². The van der Waals surface area contributed by atoms with E-state index in [0.717, 1.165) is 22.7 Å². The van der Waals surface area contributed by atoms with E-state index in [1.807, 2.05) is 35.7 Å². The predicted molar refractivity (Wildman–Crippen MR) is 87.7 cm³/mol. The summed E-state index contributed by atoms with van der Waals surface area (Å²) < 4.78 is 0. The zero-order valence-corrected chi connectivity index (χ0v) is 13.4. The van der Waals surface area contributed by atoms with Crippen LogP contribution >= 0.6 is 11.3 Å². The number of nitrogens with one attached hydrogen (secondary N) is 2. The Kier molecular flexibility index (Phi) is 6.36. The van der Waals surface area contributed by atoms with Crippen LogP contribution in [0.2, 0.25) is 0 Å². The molecule has 0 aliphatic heterocycles. The monoisotopic (exact) mass is 319 g/mol. The first kappa shape index (κ1) is 16.5. The number of aliphatic hydroxyl groups excluding tert-OH is 1. The molecule has 0 radical (unpaired) electrons. The number of aromatic nitrogens is 1. The number of rotatable bonds is 7. The number of urea groups is 1. The van der Waals surface area contributed by atoms with Crippen molar-refractivity contribution in [2.45, 2.75) is 32.4 Å². The molecule has 5 nitrogen and oxygen atoms in total. The predicted octanol–water partition coefficient (Wildman–Crippen LogP) is 2.63. The van der Waals surface area contributed by atoms with Gasteiger partial charge in [0.05, 0.1) is 23.4 Å². The molecule has 0 fully saturated rings. The van der Waals surface area contributed by atoms with Gasteiger partial charge < -0.3 is 15.7 Å². The Morgan fingerprint density at radius 1 is 1.32 bits per heavy atom. The van der Waals surface area contributed by atoms with Crippen molar-refractivity contribution >= 4 is 17.4 Å². The van der Waals surface area contributed by atoms with Crippen molar-refractivity contribution in [3.05, 3.63) is 52.0 Å². The summed E-state index contributed by atoms with van der Waals surface area (Å²) in [5, 5.41) is 18.5. The number of hydrogen-bond acceptors (Lipinski definition) is 4. The van der Waals surface area contributed by atoms with Gasteiger partial charge in [-0.15, -0.1) is 11.3 Å². The third-order valence-electron chi connectivity index (χ3n) is 3.22. The van der Waals surface area contributed by atoms with Gasteiger partial charge in [-0.2, -0.15) is 0 Å². The lowest BCUT2D eigenvalue weighted by Crippen LogP contribution is -2.36. The van der Waals surface area contributed by atoms with Crippen LogP contribution in [0.25, 0.3) is 0 Å². The minimum Gasteiger partial charge on any atom is -0.388 e. The van der Waals surface area contributed by atoms with Crippen LogP contribution < -0.4 is 10.6 Å². The van der Waals surface area contributed by atoms with Gasteiger partial charge in [-0.1, -0.05) is 37.3 Å². The molecule has 1 unspecified atom stereocenters. The molecule has 1 atom stereocenters. The fourth-order valence-corrected chi connectivity index (χ4v) is 2.73. The van der Waals surface area contributed by atoms with E-state index in [-0.39, 0.29) is 6.03 Å². The van der Waals surface area contributed by atoms with Gasteiger partial charge in [-0.05, 0) is 18.4 Å². The van der Waals surface area contributed by atoms with Crippen molar-refractivity contribution in [3.8, 4) is 0 Å². The zero-order chi connectivity index (χ0) is 15.8. The summed E-state index contributed by atoms with van der Waals surface area (Å²) in [7, 11) is 0. The highest BCUT2D eigenvalue weighted by Crippen LogP contribution is 2.14. The number of amides is 2. The van der Waals surface area contributed by atoms with Crippen LogP contribution in [-0.4, -0.2) is 22.7 Å². The smallest absolute Gasteiger partial charge is 0.315 e. The first-order valence-electron chi connectivity index (χ1n) is 7.37. The maximum Gasteiger partial charge on any atom is 0.315 e. The Balaban J connectivity index is 1.65. The second-order valence-corrected chi connectivity index (χ2v) is 5.85. The highest BCUT2D eigenvalue weighted by molar-refractivity contribution is 7.09. The van der Waals surface area contributed by atoms with E-state index in [9.17, 15) is 9.90 Å². The molecule has 0 bridgehead atoms. The van der Waals surface area contributed by atoms with E-state index in [4.69, 9.17) is 0 Å². The fraction of sp³-hybridized carbons (Fsp3) is 0.375. The lowest BCUT2D eigenvalue weighted by Gasteiger charge is -2.11. The zero-order valence-electron chi connectivity index (χ0n) is 12.6. The molecule has 1 heterocycles. The molecule has 1 aromatic carbocycles. The average molecular weight is 319 g/mol. The quantitative estimate of drug-likeness (QED) is 0.734. The highest BCUT2D eigenvalue weighted by atomic mass is 32.1. The van der Waals surface area contributed by atoms with Crippen LogP contribution in [0.5, 0.6) is 0 Å². The molecule has 22 heavy (non-hydrogen) atoms. The minimum absolute atomic E-state index is 0.244. The standard InChI is InChI=1S/C16H21N3O2S/c1-2-15-19-13(11-22-15)10-18-16(21)17-9-8-14(20)12-6-4-3-5-7-12/h3-7,11,14,20H,2,8-10H2,1H3,(H2,17,18,21). The highest BCUT2D eigenvalue weighted by Gasteiger charge is 2.08. The number of hydrogen-bond donors (Lipinski definition) is 3. The van der Waals surface area contributed by atoms with Gasteiger partial charge >= 0.3 is 6.03 Å². The second kappa shape index (κ2) is 8.51. The van der Waals surface area contributed by atoms with Gasteiger partial charge in [0.25, 0.3) is 0 Å². The van der Waals surface area contributed by atoms with Crippen molar-refractivity contribution in [1.29, 1.82) is 0 Å². The van der Waals surface area contributed by atoms with Gasteiger partial charge in [0.15, 0.2) is 0 Å². The Bertz CT molecular complexity index is 586. The number of aliphatic hydroxyl groups is 1. The van der Waals surface area contributed by atoms with E-state index in [1.54, 1.807) is 11.3 Å². The molecule has 0 aliphatic rings. The molecule has 1 aromatic heterocycles. The summed E-state index contributed by atoms with van der Waals surface area (Å²) in [5.74, 6) is 0. The van der Waals surface area contributed by atoms with Gasteiger partial charge in [0.2, 0.25) is 0 Å². The molecule has 2 aromatic rings. The third-order valence-corrected chi connectivity index (χ3v) is 4.26. The molecular weight excluding hydrogens is 298 g/mol. The molecule has 0 spiro atoms. The summed E-state index contributed by atoms with van der Waals surface area (Å²) in [6.07, 6.45) is 0.828. The number of nitrogens with zero attached hydrogens (tertiary/aromatic N) is 1. The number of benzene rings is 1. The van der Waals surface area contributed by atoms with Crippen molar-refractivity contribution in [2.24, 2.45) is 0 Å². The molecule has 118 valence electrons. The third kappa shape index (κ3) is 5.13. The minimum atomic E-state index is -0.563. The van der Waals surface area contributed by atoms with Crippen molar-refractivity contribution in [2.75, 3.05) is 6.54 Å². The largest absolute Gasteiger partial charge is 0.388 e. The lowest BCUT2D eigenvalue weighted by molar-refractivity contribution is 0.167. The Hall–Kier alpha value is -1.92. The molecule has 6 heteroatoms. The Morgan fingerprint density at radius 2 is 2.09 bits per heavy atom. The molecule has 2 amide bonds. The Labute approximate surface area is 134 Å². The van der Waals surface area contributed by atoms with Gasteiger partial charge in [0, 0.05) is 11.9 Å². The van der Waals surface area contributed by atoms with E-state index in [2.05, 4.69) is 22.5 Å². The first-order chi connectivity index (χ1) is 10.7. The van der Waals surface area contributed by atoms with Crippen molar-refractivity contribution < 1.29 is 9.90 Å². The topological polar surface area (TPSA) is 74.2 Å². The molecule has 0 aliphatic carbocycles. The summed E-state index contributed by atoms with van der Waals surface area (Å²) in [5.41, 5.74) is 1.74. The summed E-state index contributed by atoms with van der Waals surface area (Å²) in [4.78, 5) is 16.1. The average Bonchev–Trinajstić information content (AvgIpc) is 3.02. The molecule has 0 saturated carbocycles. The summed E-state index contributed by atoms with van der Waals surface area (Å²) in [6, 6.07) is 9.18. The summed E-state index contributed by atoms with van der Waals surface area (Å²) >= 11 is 1.60. The molecule has 0 saturated heterocycles. The van der Waals surface area contributed by atoms with Crippen LogP contribution in [0.3, 0.4) is 0 Å². The maximum atomic E-state index is 11.7. The molecule has 2 rings (SSSR count). The lowest BCUT2D eigenvalue weighted by atomic mass is 10.1. The Morgan fingerprint density at radius 3 is 2.77 bits per heavy atom. The van der Waals surface area contributed by atoms with E-state index in [0.29, 0.717) is 19.5 Å². The first-order valence-corrected chi connectivity index (χ1v) is 8.25. The second-order valence-electron chi connectivity index (χ2n) is 4.91. The van der Waals surface area contributed by atoms with E-state index in [1.165, 1.54) is 0 Å². The van der Waals surface area contributed by atoms with Gasteiger partial charge in [-0.25, -0.2) is 9.78 Å². The SMILES string of the molecule is CCc1nc(CNC(=O)NCCC(O)c2ccccc2)cs1. The molecular formula is C16H21N3O2S. The van der Waals surface area contributed by atoms with E-state index >= 15 is 0 Å². The molecule has 3 N–H and O–H groups in total. The summed E-state index contributed by atoms with van der Waals surface area (Å²) in [6.45, 7) is 2.89. The number of carbonyl (C=O) groups excluding carboxylic acids is 1. The van der Waals surface area contributed by atoms with Crippen molar-refractivity contribution in [1.82, 2.24) is 15.6 Å². The number of aryl methyl sites for hydroxylation is 1. The van der Waals surface area contributed by atoms with Crippen molar-refractivity contribution in [3.63, 3.8) is 0 Å². The maximum absolute atomic E-state index is 11.7. The number of carbonyl (C=O) groups is 1. The van der Waals surface area contributed by atoms with Crippen LogP contribution in [0.15, 0.2) is 35.7 Å². The van der Waals surface area contributed by atoms with Gasteiger partial charge in [0.1, 0.15) is 0 Å². The van der Waals surface area contributed by atoms with Crippen LogP contribution in [0, 0.1) is 0 Å². The normalized spacial score (nSPS) is 11.9. The van der Waals surface area contributed by atoms with Crippen LogP contribution in [-0.2, 0) is 13.0 Å². The van der Waals surface area contributed by atoms with Crippen LogP contribution in [0.1, 0.15) is 35.7 Å².